The molecule has 0 spiro atoms. The van der Waals surface area contributed by atoms with Gasteiger partial charge in [0.15, 0.2) is 0 Å². The quantitative estimate of drug-likeness (QED) is 0.193. The van der Waals surface area contributed by atoms with Crippen molar-refractivity contribution in [1.29, 1.82) is 0 Å². The molecule has 0 aliphatic rings. The van der Waals surface area contributed by atoms with E-state index in [9.17, 15) is 24.5 Å². The van der Waals surface area contributed by atoms with Crippen LogP contribution >= 0.6 is 0 Å². The number of nitrogens with zero attached hydrogens (tertiary/aromatic N) is 1. The molecule has 10 nitrogen and oxygen atoms in total. The van der Waals surface area contributed by atoms with Gasteiger partial charge in [-0.15, -0.1) is 0 Å². The number of hydrogen-bond donors (Lipinski definition) is 3. The van der Waals surface area contributed by atoms with Crippen LogP contribution in [0.25, 0.3) is 6.08 Å². The van der Waals surface area contributed by atoms with E-state index in [1.807, 2.05) is 6.92 Å². The van der Waals surface area contributed by atoms with Gasteiger partial charge in [0.1, 0.15) is 11.4 Å². The lowest BCUT2D eigenvalue weighted by atomic mass is 10.1. The molecule has 0 bridgehead atoms. The molecule has 10 heteroatoms. The number of carboxylic acids is 1. The molecule has 2 aromatic rings. The highest BCUT2D eigenvalue weighted by molar-refractivity contribution is 6.05. The SMILES string of the molecule is CCCCOc1ccc(C(=O)NC(=Cc2cccc([N+](=O)[O-])c2)C(=O)NCCC(=O)O)cc1. The van der Waals surface area contributed by atoms with Crippen molar-refractivity contribution < 1.29 is 29.2 Å². The number of amides is 2. The summed E-state index contributed by atoms with van der Waals surface area (Å²) in [5.74, 6) is -1.79. The Morgan fingerprint density at radius 3 is 2.52 bits per heavy atom. The Morgan fingerprint density at radius 1 is 1.15 bits per heavy atom. The summed E-state index contributed by atoms with van der Waals surface area (Å²) in [5.41, 5.74) is 0.210. The predicted molar refractivity (Wildman–Crippen MR) is 121 cm³/mol. The number of hydrogen-bond acceptors (Lipinski definition) is 6. The molecule has 0 atom stereocenters. The van der Waals surface area contributed by atoms with Gasteiger partial charge >= 0.3 is 5.97 Å². The highest BCUT2D eigenvalue weighted by Crippen LogP contribution is 2.16. The minimum absolute atomic E-state index is 0.153. The number of rotatable bonds is 12. The van der Waals surface area contributed by atoms with Crippen molar-refractivity contribution in [2.45, 2.75) is 26.2 Å². The molecular formula is C23H25N3O7. The smallest absolute Gasteiger partial charge is 0.305 e. The average Bonchev–Trinajstić information content (AvgIpc) is 2.79. The minimum atomic E-state index is -1.09. The summed E-state index contributed by atoms with van der Waals surface area (Å²) >= 11 is 0. The third kappa shape index (κ3) is 8.44. The molecule has 2 aromatic carbocycles. The second kappa shape index (κ2) is 12.6. The zero-order valence-corrected chi connectivity index (χ0v) is 18.1. The molecule has 2 amide bonds. The maximum Gasteiger partial charge on any atom is 0.305 e. The van der Waals surface area contributed by atoms with Crippen LogP contribution in [0.1, 0.15) is 42.1 Å². The van der Waals surface area contributed by atoms with Crippen LogP contribution in [0.15, 0.2) is 54.2 Å². The monoisotopic (exact) mass is 455 g/mol. The Morgan fingerprint density at radius 2 is 1.88 bits per heavy atom. The highest BCUT2D eigenvalue weighted by Gasteiger charge is 2.16. The van der Waals surface area contributed by atoms with Crippen LogP contribution in [0.2, 0.25) is 0 Å². The lowest BCUT2D eigenvalue weighted by Gasteiger charge is -2.11. The highest BCUT2D eigenvalue weighted by atomic mass is 16.6. The van der Waals surface area contributed by atoms with Gasteiger partial charge in [-0.1, -0.05) is 25.5 Å². The molecule has 0 aromatic heterocycles. The molecule has 2 rings (SSSR count). The van der Waals surface area contributed by atoms with E-state index in [2.05, 4.69) is 10.6 Å². The van der Waals surface area contributed by atoms with E-state index in [4.69, 9.17) is 9.84 Å². The summed E-state index contributed by atoms with van der Waals surface area (Å²) in [6, 6.07) is 11.9. The maximum absolute atomic E-state index is 12.7. The van der Waals surface area contributed by atoms with Crippen molar-refractivity contribution in [2.75, 3.05) is 13.2 Å². The number of nitro groups is 1. The second-order valence-electron chi connectivity index (χ2n) is 6.99. The van der Waals surface area contributed by atoms with Crippen LogP contribution in [-0.4, -0.2) is 41.0 Å². The molecule has 0 radical (unpaired) electrons. The summed E-state index contributed by atoms with van der Waals surface area (Å²) in [4.78, 5) is 46.4. The molecule has 0 aliphatic heterocycles. The van der Waals surface area contributed by atoms with Gasteiger partial charge in [0.2, 0.25) is 0 Å². The Kier molecular flexibility index (Phi) is 9.56. The van der Waals surface area contributed by atoms with Crippen LogP contribution < -0.4 is 15.4 Å². The maximum atomic E-state index is 12.7. The number of nitro benzene ring substituents is 1. The van der Waals surface area contributed by atoms with Crippen molar-refractivity contribution >= 4 is 29.5 Å². The first-order valence-corrected chi connectivity index (χ1v) is 10.3. The van der Waals surface area contributed by atoms with Crippen LogP contribution in [-0.2, 0) is 9.59 Å². The van der Waals surface area contributed by atoms with Crippen LogP contribution in [0.5, 0.6) is 5.75 Å². The topological polar surface area (TPSA) is 148 Å². The summed E-state index contributed by atoms with van der Waals surface area (Å²) < 4.78 is 5.56. The summed E-state index contributed by atoms with van der Waals surface area (Å²) in [5, 5.41) is 24.7. The van der Waals surface area contributed by atoms with Crippen molar-refractivity contribution in [3.63, 3.8) is 0 Å². The third-order valence-electron chi connectivity index (χ3n) is 4.39. The van der Waals surface area contributed by atoms with Gasteiger partial charge in [-0.05, 0) is 42.3 Å². The number of non-ortho nitro benzene ring substituents is 1. The molecule has 174 valence electrons. The van der Waals surface area contributed by atoms with Crippen molar-refractivity contribution in [1.82, 2.24) is 10.6 Å². The first-order chi connectivity index (χ1) is 15.8. The second-order valence-corrected chi connectivity index (χ2v) is 6.99. The normalized spacial score (nSPS) is 10.9. The Labute approximate surface area is 190 Å². The molecule has 0 aliphatic carbocycles. The number of nitrogens with one attached hydrogen (secondary N) is 2. The first kappa shape index (κ1) is 25.1. The molecule has 3 N–H and O–H groups in total. The third-order valence-corrected chi connectivity index (χ3v) is 4.39. The van der Waals surface area contributed by atoms with E-state index in [0.29, 0.717) is 17.9 Å². The lowest BCUT2D eigenvalue weighted by Crippen LogP contribution is -2.35. The number of benzene rings is 2. The summed E-state index contributed by atoms with van der Waals surface area (Å²) in [7, 11) is 0. The molecular weight excluding hydrogens is 430 g/mol. The zero-order chi connectivity index (χ0) is 24.2. The fourth-order valence-electron chi connectivity index (χ4n) is 2.66. The van der Waals surface area contributed by atoms with E-state index in [0.717, 1.165) is 12.8 Å². The number of aliphatic carboxylic acids is 1. The van der Waals surface area contributed by atoms with Crippen LogP contribution in [0, 0.1) is 10.1 Å². The van der Waals surface area contributed by atoms with E-state index < -0.39 is 22.7 Å². The Bertz CT molecular complexity index is 1030. The molecule has 0 saturated heterocycles. The minimum Gasteiger partial charge on any atom is -0.494 e. The van der Waals surface area contributed by atoms with Crippen LogP contribution in [0.4, 0.5) is 5.69 Å². The van der Waals surface area contributed by atoms with E-state index in [-0.39, 0.29) is 29.9 Å². The fourth-order valence-corrected chi connectivity index (χ4v) is 2.66. The number of ether oxygens (including phenoxy) is 1. The van der Waals surface area contributed by atoms with E-state index in [1.165, 1.54) is 30.3 Å². The largest absolute Gasteiger partial charge is 0.494 e. The first-order valence-electron chi connectivity index (χ1n) is 10.3. The lowest BCUT2D eigenvalue weighted by molar-refractivity contribution is -0.384. The van der Waals surface area contributed by atoms with Crippen molar-refractivity contribution in [3.05, 3.63) is 75.5 Å². The zero-order valence-electron chi connectivity index (χ0n) is 18.1. The van der Waals surface area contributed by atoms with E-state index >= 15 is 0 Å². The predicted octanol–water partition coefficient (Wildman–Crippen LogP) is 3.14. The van der Waals surface area contributed by atoms with Crippen LogP contribution in [0.3, 0.4) is 0 Å². The van der Waals surface area contributed by atoms with Gasteiger partial charge in [-0.25, -0.2) is 0 Å². The van der Waals surface area contributed by atoms with Gasteiger partial charge in [-0.3, -0.25) is 24.5 Å². The number of carbonyl (C=O) groups is 3. The summed E-state index contributed by atoms with van der Waals surface area (Å²) in [6.45, 7) is 2.46. The van der Waals surface area contributed by atoms with Gasteiger partial charge < -0.3 is 20.5 Å². The van der Waals surface area contributed by atoms with Crippen molar-refractivity contribution in [3.8, 4) is 5.75 Å². The number of carboxylic acid groups (broad SMARTS) is 1. The molecule has 0 fully saturated rings. The van der Waals surface area contributed by atoms with Crippen molar-refractivity contribution in [2.24, 2.45) is 0 Å². The average molecular weight is 455 g/mol. The number of unbranched alkanes of at least 4 members (excludes halogenated alkanes) is 1. The molecule has 0 unspecified atom stereocenters. The molecule has 33 heavy (non-hydrogen) atoms. The Balaban J connectivity index is 2.21. The van der Waals surface area contributed by atoms with E-state index in [1.54, 1.807) is 24.3 Å². The molecule has 0 saturated carbocycles. The fraction of sp³-hybridized carbons (Fsp3) is 0.261. The summed E-state index contributed by atoms with van der Waals surface area (Å²) in [6.07, 6.45) is 2.88. The molecule has 0 heterocycles. The van der Waals surface area contributed by atoms with Gasteiger partial charge in [0.25, 0.3) is 17.5 Å². The van der Waals surface area contributed by atoms with Gasteiger partial charge in [0, 0.05) is 24.2 Å². The number of carbonyl (C=O) groups excluding carboxylic acids is 2. The standard InChI is InChI=1S/C23H25N3O7/c1-2-3-13-33-19-9-7-17(8-10-19)22(29)25-20(23(30)24-12-11-21(27)28)15-16-5-4-6-18(14-16)26(31)32/h4-10,14-15H,2-3,11-13H2,1H3,(H,24,30)(H,25,29)(H,27,28). The van der Waals surface area contributed by atoms with Gasteiger partial charge in [-0.2, -0.15) is 0 Å². The Hall–Kier alpha value is -4.21. The van der Waals surface area contributed by atoms with Gasteiger partial charge in [0.05, 0.1) is 18.0 Å².